The Kier molecular flexibility index (Phi) is 8.93. The van der Waals surface area contributed by atoms with Crippen molar-refractivity contribution < 1.29 is 0 Å². The van der Waals surface area contributed by atoms with Crippen LogP contribution in [-0.2, 0) is 0 Å². The summed E-state index contributed by atoms with van der Waals surface area (Å²) in [5.41, 5.74) is 17.1. The summed E-state index contributed by atoms with van der Waals surface area (Å²) in [5.74, 6) is 1.43. The number of hydrogen-bond donors (Lipinski definition) is 0. The molecule has 1 aliphatic carbocycles. The Hall–Kier alpha value is -4.68. The SMILES string of the molecule is Cc1ccccc1C1C(c2ccccc2C)C(c2ccccc2C)C(c2ccccc2C)C(c2ccccc2C)C1c1ccccc1C. The van der Waals surface area contributed by atoms with Gasteiger partial charge in [-0.2, -0.15) is 0 Å². The number of rotatable bonds is 6. The van der Waals surface area contributed by atoms with Gasteiger partial charge in [0, 0.05) is 0 Å². The van der Waals surface area contributed by atoms with E-state index < -0.39 is 0 Å². The molecule has 0 saturated heterocycles. The van der Waals surface area contributed by atoms with Gasteiger partial charge in [-0.1, -0.05) is 146 Å². The summed E-state index contributed by atoms with van der Waals surface area (Å²) in [6, 6.07) is 55.5. The maximum Gasteiger partial charge on any atom is -0.000922 e. The fourth-order valence-corrected chi connectivity index (χ4v) is 9.43. The average molecular weight is 625 g/mol. The lowest BCUT2D eigenvalue weighted by Gasteiger charge is -2.55. The summed E-state index contributed by atoms with van der Waals surface area (Å²) >= 11 is 0. The Morgan fingerprint density at radius 3 is 0.458 bits per heavy atom. The van der Waals surface area contributed by atoms with Gasteiger partial charge in [0.15, 0.2) is 0 Å². The second-order valence-corrected chi connectivity index (χ2v) is 14.3. The molecule has 0 nitrogen and oxygen atoms in total. The van der Waals surface area contributed by atoms with E-state index in [0.717, 1.165) is 0 Å². The Morgan fingerprint density at radius 1 is 0.208 bits per heavy atom. The summed E-state index contributed by atoms with van der Waals surface area (Å²) in [6.45, 7) is 14.0. The van der Waals surface area contributed by atoms with Crippen molar-refractivity contribution in [3.05, 3.63) is 212 Å². The van der Waals surface area contributed by atoms with Crippen LogP contribution in [-0.4, -0.2) is 0 Å². The van der Waals surface area contributed by atoms with Gasteiger partial charge in [-0.05, 0) is 144 Å². The van der Waals surface area contributed by atoms with Crippen LogP contribution in [0.2, 0.25) is 0 Å². The summed E-state index contributed by atoms with van der Waals surface area (Å²) in [4.78, 5) is 0. The molecule has 0 amide bonds. The van der Waals surface area contributed by atoms with Crippen LogP contribution in [0.1, 0.15) is 102 Å². The van der Waals surface area contributed by atoms with Crippen molar-refractivity contribution in [2.45, 2.75) is 77.0 Å². The van der Waals surface area contributed by atoms with Crippen molar-refractivity contribution in [1.29, 1.82) is 0 Å². The van der Waals surface area contributed by atoms with Gasteiger partial charge in [0.1, 0.15) is 0 Å². The van der Waals surface area contributed by atoms with Gasteiger partial charge in [0.05, 0.1) is 0 Å². The molecule has 0 N–H and O–H groups in total. The number of aryl methyl sites for hydroxylation is 6. The molecule has 48 heavy (non-hydrogen) atoms. The van der Waals surface area contributed by atoms with Crippen LogP contribution >= 0.6 is 0 Å². The lowest BCUT2D eigenvalue weighted by atomic mass is 9.48. The van der Waals surface area contributed by atoms with Gasteiger partial charge < -0.3 is 0 Å². The van der Waals surface area contributed by atoms with E-state index in [4.69, 9.17) is 0 Å². The maximum atomic E-state index is 2.44. The van der Waals surface area contributed by atoms with E-state index >= 15 is 0 Å². The molecule has 0 heterocycles. The molecule has 240 valence electrons. The molecule has 0 aliphatic heterocycles. The van der Waals surface area contributed by atoms with Gasteiger partial charge in [-0.25, -0.2) is 0 Å². The van der Waals surface area contributed by atoms with E-state index in [1.165, 1.54) is 66.8 Å². The van der Waals surface area contributed by atoms with E-state index in [1.54, 1.807) is 0 Å². The molecule has 6 aromatic carbocycles. The topological polar surface area (TPSA) is 0 Å². The van der Waals surface area contributed by atoms with Gasteiger partial charge in [0.2, 0.25) is 0 Å². The highest BCUT2D eigenvalue weighted by Crippen LogP contribution is 2.68. The fourth-order valence-electron chi connectivity index (χ4n) is 9.43. The average Bonchev–Trinajstić information content (AvgIpc) is 3.09. The molecule has 0 radical (unpaired) electrons. The lowest BCUT2D eigenvalue weighted by molar-refractivity contribution is 0.226. The highest BCUT2D eigenvalue weighted by molar-refractivity contribution is 5.54. The first-order valence-corrected chi connectivity index (χ1v) is 17.7. The Labute approximate surface area is 288 Å². The molecule has 6 aromatic rings. The smallest absolute Gasteiger partial charge is 0.000922 e. The van der Waals surface area contributed by atoms with Crippen molar-refractivity contribution in [2.24, 2.45) is 0 Å². The van der Waals surface area contributed by atoms with Crippen molar-refractivity contribution >= 4 is 0 Å². The van der Waals surface area contributed by atoms with Crippen molar-refractivity contribution in [3.8, 4) is 0 Å². The van der Waals surface area contributed by atoms with Gasteiger partial charge in [0.25, 0.3) is 0 Å². The van der Waals surface area contributed by atoms with Crippen LogP contribution in [0.25, 0.3) is 0 Å². The van der Waals surface area contributed by atoms with Crippen LogP contribution in [0.5, 0.6) is 0 Å². The molecule has 0 atom stereocenters. The highest BCUT2D eigenvalue weighted by Gasteiger charge is 2.54. The van der Waals surface area contributed by atoms with Crippen LogP contribution in [0.3, 0.4) is 0 Å². The Bertz CT molecular complexity index is 1650. The molecule has 0 bridgehead atoms. The molecule has 1 saturated carbocycles. The number of benzene rings is 6. The molecule has 0 heteroatoms. The van der Waals surface area contributed by atoms with E-state index in [-0.39, 0.29) is 35.5 Å². The molecule has 0 unspecified atom stereocenters. The summed E-state index contributed by atoms with van der Waals surface area (Å²) < 4.78 is 0. The molecular weight excluding hydrogens is 577 g/mol. The highest BCUT2D eigenvalue weighted by atomic mass is 14.6. The van der Waals surface area contributed by atoms with E-state index in [2.05, 4.69) is 187 Å². The first-order valence-electron chi connectivity index (χ1n) is 17.7. The standard InChI is InChI=1S/C48H48/c1-31-19-7-13-25-37(31)43-44(38-26-14-8-20-32(38)2)46(40-28-16-10-22-34(40)4)48(42-30-18-12-24-36(42)6)47(41-29-17-11-23-35(41)5)45(43)39-27-15-9-21-33(39)3/h7-30,43-48H,1-6H3. The third kappa shape index (κ3) is 5.62. The maximum absolute atomic E-state index is 2.44. The zero-order valence-electron chi connectivity index (χ0n) is 29.3. The van der Waals surface area contributed by atoms with Crippen LogP contribution in [0.15, 0.2) is 146 Å². The predicted molar refractivity (Wildman–Crippen MR) is 204 cm³/mol. The van der Waals surface area contributed by atoms with E-state index in [9.17, 15) is 0 Å². The van der Waals surface area contributed by atoms with Crippen LogP contribution in [0.4, 0.5) is 0 Å². The molecule has 0 aromatic heterocycles. The van der Waals surface area contributed by atoms with E-state index in [1.807, 2.05) is 0 Å². The zero-order chi connectivity index (χ0) is 33.4. The largest absolute Gasteiger partial charge is 0.0620 e. The molecule has 1 fully saturated rings. The summed E-state index contributed by atoms with van der Waals surface area (Å²) in [6.07, 6.45) is 0. The van der Waals surface area contributed by atoms with Crippen LogP contribution in [0, 0.1) is 41.5 Å². The van der Waals surface area contributed by atoms with E-state index in [0.29, 0.717) is 0 Å². The van der Waals surface area contributed by atoms with Gasteiger partial charge in [-0.3, -0.25) is 0 Å². The van der Waals surface area contributed by atoms with Gasteiger partial charge in [-0.15, -0.1) is 0 Å². The predicted octanol–water partition coefficient (Wildman–Crippen LogP) is 12.6. The number of hydrogen-bond acceptors (Lipinski definition) is 0. The second-order valence-electron chi connectivity index (χ2n) is 14.3. The van der Waals surface area contributed by atoms with Crippen LogP contribution < -0.4 is 0 Å². The molecular formula is C48H48. The first-order chi connectivity index (χ1) is 23.4. The summed E-state index contributed by atoms with van der Waals surface area (Å²) in [7, 11) is 0. The van der Waals surface area contributed by atoms with Crippen molar-refractivity contribution in [3.63, 3.8) is 0 Å². The molecule has 1 aliphatic rings. The Balaban J connectivity index is 1.69. The minimum absolute atomic E-state index is 0.239. The quantitative estimate of drug-likeness (QED) is 0.173. The Morgan fingerprint density at radius 2 is 0.333 bits per heavy atom. The van der Waals surface area contributed by atoms with Crippen molar-refractivity contribution in [1.82, 2.24) is 0 Å². The normalized spacial score (nSPS) is 22.4. The second kappa shape index (κ2) is 13.4. The molecule has 0 spiro atoms. The monoisotopic (exact) mass is 624 g/mol. The minimum atomic E-state index is 0.239. The minimum Gasteiger partial charge on any atom is -0.0620 e. The van der Waals surface area contributed by atoms with Gasteiger partial charge >= 0.3 is 0 Å². The van der Waals surface area contributed by atoms with Crippen molar-refractivity contribution in [2.75, 3.05) is 0 Å². The third-order valence-corrected chi connectivity index (χ3v) is 11.6. The third-order valence-electron chi connectivity index (χ3n) is 11.6. The fraction of sp³-hybridized carbons (Fsp3) is 0.250. The molecule has 7 rings (SSSR count). The first kappa shape index (κ1) is 31.9. The summed E-state index contributed by atoms with van der Waals surface area (Å²) in [5, 5.41) is 0. The zero-order valence-corrected chi connectivity index (χ0v) is 29.3. The lowest BCUT2D eigenvalue weighted by Crippen LogP contribution is -2.41.